The fraction of sp³-hybridized carbons (Fsp3) is 0.429. The van der Waals surface area contributed by atoms with Gasteiger partial charge in [-0.15, -0.1) is 0 Å². The average molecular weight is 299 g/mol. The molecule has 0 saturated carbocycles. The summed E-state index contributed by atoms with van der Waals surface area (Å²) in [7, 11) is 3.05. The molecule has 0 fully saturated rings. The Morgan fingerprint density at radius 1 is 1.40 bits per heavy atom. The van der Waals surface area contributed by atoms with Gasteiger partial charge in [0.05, 0.1) is 25.5 Å². The molecular formula is C14H19ClN2O3. The molecule has 1 aromatic rings. The predicted octanol–water partition coefficient (Wildman–Crippen LogP) is 3.00. The van der Waals surface area contributed by atoms with E-state index in [9.17, 15) is 4.79 Å². The predicted molar refractivity (Wildman–Crippen MR) is 79.8 cm³/mol. The lowest BCUT2D eigenvalue weighted by Crippen LogP contribution is -2.16. The Hall–Kier alpha value is -1.75. The quantitative estimate of drug-likeness (QED) is 0.622. The second kappa shape index (κ2) is 8.43. The Morgan fingerprint density at radius 3 is 2.75 bits per heavy atom. The molecule has 0 aromatic heterocycles. The highest BCUT2D eigenvalue weighted by Gasteiger charge is 2.11. The number of halogens is 1. The molecule has 5 nitrogen and oxygen atoms in total. The molecule has 1 N–H and O–H groups in total. The maximum Gasteiger partial charge on any atom is 0.240 e. The summed E-state index contributed by atoms with van der Waals surface area (Å²) in [5, 5.41) is 4.27. The van der Waals surface area contributed by atoms with Gasteiger partial charge in [0.1, 0.15) is 0 Å². The van der Waals surface area contributed by atoms with Gasteiger partial charge in [-0.25, -0.2) is 5.43 Å². The molecule has 0 unspecified atom stereocenters. The molecule has 1 rings (SSSR count). The van der Waals surface area contributed by atoms with E-state index < -0.39 is 0 Å². The zero-order valence-electron chi connectivity index (χ0n) is 11.9. The third-order valence-corrected chi connectivity index (χ3v) is 3.06. The molecule has 6 heteroatoms. The summed E-state index contributed by atoms with van der Waals surface area (Å²) in [5.41, 5.74) is 3.10. The van der Waals surface area contributed by atoms with E-state index >= 15 is 0 Å². The molecule has 0 bridgehead atoms. The fourth-order valence-corrected chi connectivity index (χ4v) is 1.85. The van der Waals surface area contributed by atoms with Crippen LogP contribution in [0.4, 0.5) is 0 Å². The van der Waals surface area contributed by atoms with Gasteiger partial charge in [0.15, 0.2) is 11.5 Å². The van der Waals surface area contributed by atoms with Gasteiger partial charge >= 0.3 is 0 Å². The summed E-state index contributed by atoms with van der Waals surface area (Å²) < 4.78 is 10.3. The third kappa shape index (κ3) is 4.42. The highest BCUT2D eigenvalue weighted by molar-refractivity contribution is 6.34. The molecular weight excluding hydrogens is 280 g/mol. The first-order valence-corrected chi connectivity index (χ1v) is 6.74. The first kappa shape index (κ1) is 16.3. The van der Waals surface area contributed by atoms with E-state index in [4.69, 9.17) is 21.1 Å². The summed E-state index contributed by atoms with van der Waals surface area (Å²) in [6.45, 7) is 2.03. The van der Waals surface area contributed by atoms with E-state index in [1.165, 1.54) is 20.4 Å². The minimum absolute atomic E-state index is 0.111. The normalized spacial score (nSPS) is 10.6. The van der Waals surface area contributed by atoms with Crippen molar-refractivity contribution in [3.05, 3.63) is 22.7 Å². The maximum atomic E-state index is 11.4. The molecule has 0 atom stereocenters. The second-order valence-electron chi connectivity index (χ2n) is 4.10. The number of hydrogen-bond donors (Lipinski definition) is 1. The van der Waals surface area contributed by atoms with Crippen LogP contribution in [0.3, 0.4) is 0 Å². The number of carbonyl (C=O) groups excluding carboxylic acids is 1. The number of benzene rings is 1. The van der Waals surface area contributed by atoms with E-state index in [-0.39, 0.29) is 5.91 Å². The zero-order valence-corrected chi connectivity index (χ0v) is 12.7. The number of unbranched alkanes of at least 4 members (excludes halogenated alkanes) is 1. The monoisotopic (exact) mass is 298 g/mol. The standard InChI is InChI=1S/C14H19ClN2O3/c1-4-5-6-12(18)17-16-9-10-7-8-11(19-2)14(20-3)13(10)15/h7-9H,4-6H2,1-3H3,(H,17,18)/b16-9+. The number of ether oxygens (including phenoxy) is 2. The van der Waals surface area contributed by atoms with Crippen molar-refractivity contribution < 1.29 is 14.3 Å². The molecule has 0 spiro atoms. The van der Waals surface area contributed by atoms with Crippen molar-refractivity contribution in [2.75, 3.05) is 14.2 Å². The Kier molecular flexibility index (Phi) is 6.87. The Morgan fingerprint density at radius 2 is 2.15 bits per heavy atom. The van der Waals surface area contributed by atoms with E-state index in [0.29, 0.717) is 28.5 Å². The van der Waals surface area contributed by atoms with E-state index in [1.807, 2.05) is 6.92 Å². The highest BCUT2D eigenvalue weighted by Crippen LogP contribution is 2.36. The van der Waals surface area contributed by atoms with Crippen molar-refractivity contribution in [2.24, 2.45) is 5.10 Å². The number of hydrazone groups is 1. The SMILES string of the molecule is CCCCC(=O)N/N=C/c1ccc(OC)c(OC)c1Cl. The lowest BCUT2D eigenvalue weighted by atomic mass is 10.2. The molecule has 0 aliphatic heterocycles. The maximum absolute atomic E-state index is 11.4. The lowest BCUT2D eigenvalue weighted by Gasteiger charge is -2.10. The van der Waals surface area contributed by atoms with Gasteiger partial charge < -0.3 is 9.47 Å². The first-order valence-electron chi connectivity index (χ1n) is 6.36. The minimum Gasteiger partial charge on any atom is -0.493 e. The van der Waals surface area contributed by atoms with Crippen LogP contribution in [-0.4, -0.2) is 26.3 Å². The Bertz CT molecular complexity index is 490. The Balaban J connectivity index is 2.75. The van der Waals surface area contributed by atoms with Gasteiger partial charge in [0, 0.05) is 12.0 Å². The van der Waals surface area contributed by atoms with Crippen molar-refractivity contribution in [3.8, 4) is 11.5 Å². The summed E-state index contributed by atoms with van der Waals surface area (Å²) in [6.07, 6.45) is 3.76. The van der Waals surface area contributed by atoms with Crippen LogP contribution in [-0.2, 0) is 4.79 Å². The van der Waals surface area contributed by atoms with Gasteiger partial charge in [-0.1, -0.05) is 24.9 Å². The van der Waals surface area contributed by atoms with E-state index in [1.54, 1.807) is 12.1 Å². The number of carbonyl (C=O) groups is 1. The second-order valence-corrected chi connectivity index (χ2v) is 4.48. The molecule has 0 aliphatic rings. The number of nitrogens with one attached hydrogen (secondary N) is 1. The van der Waals surface area contributed by atoms with Crippen LogP contribution < -0.4 is 14.9 Å². The molecule has 1 amide bonds. The van der Waals surface area contributed by atoms with Crippen LogP contribution in [0.15, 0.2) is 17.2 Å². The zero-order chi connectivity index (χ0) is 15.0. The molecule has 1 aromatic carbocycles. The van der Waals surface area contributed by atoms with Crippen LogP contribution in [0.25, 0.3) is 0 Å². The van der Waals surface area contributed by atoms with Crippen molar-refractivity contribution in [1.82, 2.24) is 5.43 Å². The third-order valence-electron chi connectivity index (χ3n) is 2.67. The highest BCUT2D eigenvalue weighted by atomic mass is 35.5. The minimum atomic E-state index is -0.111. The van der Waals surface area contributed by atoms with Crippen LogP contribution in [0.5, 0.6) is 11.5 Å². The number of amides is 1. The first-order chi connectivity index (χ1) is 9.63. The molecule has 0 radical (unpaired) electrons. The summed E-state index contributed by atoms with van der Waals surface area (Å²) in [4.78, 5) is 11.4. The van der Waals surface area contributed by atoms with Gasteiger partial charge in [-0.2, -0.15) is 5.10 Å². The van der Waals surface area contributed by atoms with Crippen LogP contribution >= 0.6 is 11.6 Å². The van der Waals surface area contributed by atoms with Crippen LogP contribution in [0, 0.1) is 0 Å². The summed E-state index contributed by atoms with van der Waals surface area (Å²) in [6, 6.07) is 3.47. The summed E-state index contributed by atoms with van der Waals surface area (Å²) in [5.74, 6) is 0.872. The largest absolute Gasteiger partial charge is 0.493 e. The van der Waals surface area contributed by atoms with Crippen molar-refractivity contribution >= 4 is 23.7 Å². The summed E-state index contributed by atoms with van der Waals surface area (Å²) >= 11 is 6.18. The topological polar surface area (TPSA) is 59.9 Å². The smallest absolute Gasteiger partial charge is 0.240 e. The van der Waals surface area contributed by atoms with E-state index in [2.05, 4.69) is 10.5 Å². The molecule has 110 valence electrons. The van der Waals surface area contributed by atoms with Gasteiger partial charge in [-0.05, 0) is 18.6 Å². The number of nitrogens with zero attached hydrogens (tertiary/aromatic N) is 1. The van der Waals surface area contributed by atoms with Gasteiger partial charge in [0.2, 0.25) is 5.91 Å². The van der Waals surface area contributed by atoms with Gasteiger partial charge in [0.25, 0.3) is 0 Å². The fourth-order valence-electron chi connectivity index (χ4n) is 1.57. The van der Waals surface area contributed by atoms with Crippen molar-refractivity contribution in [2.45, 2.75) is 26.2 Å². The average Bonchev–Trinajstić information content (AvgIpc) is 2.46. The van der Waals surface area contributed by atoms with Crippen LogP contribution in [0.2, 0.25) is 5.02 Å². The van der Waals surface area contributed by atoms with Crippen LogP contribution in [0.1, 0.15) is 31.7 Å². The Labute approximate surface area is 123 Å². The van der Waals surface area contributed by atoms with Gasteiger partial charge in [-0.3, -0.25) is 4.79 Å². The number of hydrogen-bond acceptors (Lipinski definition) is 4. The molecule has 0 heterocycles. The van der Waals surface area contributed by atoms with Crippen molar-refractivity contribution in [3.63, 3.8) is 0 Å². The molecule has 0 aliphatic carbocycles. The number of methoxy groups -OCH3 is 2. The van der Waals surface area contributed by atoms with E-state index in [0.717, 1.165) is 12.8 Å². The van der Waals surface area contributed by atoms with Crippen molar-refractivity contribution in [1.29, 1.82) is 0 Å². The molecule has 0 saturated heterocycles. The lowest BCUT2D eigenvalue weighted by molar-refractivity contribution is -0.121. The number of rotatable bonds is 7. The molecule has 20 heavy (non-hydrogen) atoms.